The summed E-state index contributed by atoms with van der Waals surface area (Å²) < 4.78 is 28.4. The summed E-state index contributed by atoms with van der Waals surface area (Å²) in [6, 6.07) is 24.5. The number of hydrogen-bond acceptors (Lipinski definition) is 5. The second-order valence-corrected chi connectivity index (χ2v) is 9.82. The molecule has 0 bridgehead atoms. The first-order chi connectivity index (χ1) is 15.4. The predicted octanol–water partition coefficient (Wildman–Crippen LogP) is 4.53. The molecule has 0 saturated heterocycles. The minimum atomic E-state index is -4.56. The molecule has 0 radical (unpaired) electrons. The smallest absolute Gasteiger partial charge is 0.298 e. The van der Waals surface area contributed by atoms with Crippen molar-refractivity contribution in [1.29, 1.82) is 0 Å². The van der Waals surface area contributed by atoms with E-state index >= 15 is 0 Å². The van der Waals surface area contributed by atoms with E-state index in [1.807, 2.05) is 0 Å². The fraction of sp³-hybridized carbons (Fsp3) is 0.160. The maximum Gasteiger partial charge on any atom is 0.340 e. The zero-order chi connectivity index (χ0) is 22.8. The Bertz CT molecular complexity index is 1260. The first-order valence-corrected chi connectivity index (χ1v) is 11.6. The standard InChI is InChI=1S/C25H21NO5S/c27-18-21-16-17-23(19-10-4-1-5-11-19)25(26(28)29,24(21)20-12-6-2-7-13-20)32(30,31)22-14-8-3-9-15-22/h1-16,18,23-24H,17H2/t23-,24+,25-/m0/s1. The second kappa shape index (κ2) is 8.51. The molecule has 0 aromatic heterocycles. The van der Waals surface area contributed by atoms with Crippen molar-refractivity contribution in [3.05, 3.63) is 124 Å². The Morgan fingerprint density at radius 2 is 1.34 bits per heavy atom. The molecule has 7 heteroatoms. The second-order valence-electron chi connectivity index (χ2n) is 7.69. The van der Waals surface area contributed by atoms with Gasteiger partial charge in [-0.25, -0.2) is 8.42 Å². The number of allylic oxidation sites excluding steroid dienone is 1. The number of aldehydes is 1. The van der Waals surface area contributed by atoms with Gasteiger partial charge in [0.05, 0.1) is 16.7 Å². The molecule has 1 aliphatic carbocycles. The Hall–Kier alpha value is -3.58. The molecule has 3 atom stereocenters. The molecular weight excluding hydrogens is 426 g/mol. The first-order valence-electron chi connectivity index (χ1n) is 10.1. The molecule has 1 aliphatic rings. The summed E-state index contributed by atoms with van der Waals surface area (Å²) in [4.78, 5) is 21.7. The van der Waals surface area contributed by atoms with Gasteiger partial charge in [-0.15, -0.1) is 0 Å². The molecule has 0 unspecified atom stereocenters. The van der Waals surface area contributed by atoms with Crippen LogP contribution in [-0.2, 0) is 14.6 Å². The van der Waals surface area contributed by atoms with Crippen LogP contribution in [-0.4, -0.2) is 24.5 Å². The van der Waals surface area contributed by atoms with Crippen LogP contribution in [0.25, 0.3) is 0 Å². The van der Waals surface area contributed by atoms with E-state index in [9.17, 15) is 23.3 Å². The third-order valence-corrected chi connectivity index (χ3v) is 8.50. The molecule has 0 heterocycles. The number of nitrogens with zero attached hydrogens (tertiary/aromatic N) is 1. The topological polar surface area (TPSA) is 94.3 Å². The van der Waals surface area contributed by atoms with Crippen molar-refractivity contribution in [1.82, 2.24) is 0 Å². The van der Waals surface area contributed by atoms with E-state index in [1.54, 1.807) is 72.8 Å². The lowest BCUT2D eigenvalue weighted by molar-refractivity contribution is -0.549. The van der Waals surface area contributed by atoms with Gasteiger partial charge >= 0.3 is 4.87 Å². The van der Waals surface area contributed by atoms with Gasteiger partial charge < -0.3 is 0 Å². The molecule has 0 saturated carbocycles. The monoisotopic (exact) mass is 447 g/mol. The largest absolute Gasteiger partial charge is 0.340 e. The summed E-state index contributed by atoms with van der Waals surface area (Å²) >= 11 is 0. The molecule has 6 nitrogen and oxygen atoms in total. The summed E-state index contributed by atoms with van der Waals surface area (Å²) in [6.07, 6.45) is 2.22. The minimum absolute atomic E-state index is 0.0501. The number of carbonyl (C=O) groups excluding carboxylic acids is 1. The number of nitro groups is 1. The Kier molecular flexibility index (Phi) is 5.76. The number of hydrogen-bond donors (Lipinski definition) is 0. The predicted molar refractivity (Wildman–Crippen MR) is 120 cm³/mol. The highest BCUT2D eigenvalue weighted by Gasteiger charge is 2.69. The highest BCUT2D eigenvalue weighted by Crippen LogP contribution is 2.55. The fourth-order valence-electron chi connectivity index (χ4n) is 4.70. The molecule has 0 amide bonds. The highest BCUT2D eigenvalue weighted by atomic mass is 32.2. The lowest BCUT2D eigenvalue weighted by atomic mass is 9.71. The van der Waals surface area contributed by atoms with E-state index < -0.39 is 31.5 Å². The van der Waals surface area contributed by atoms with Gasteiger partial charge in [0.25, 0.3) is 9.84 Å². The summed E-state index contributed by atoms with van der Waals surface area (Å²) in [7, 11) is -4.56. The van der Waals surface area contributed by atoms with Gasteiger partial charge in [-0.2, -0.15) is 0 Å². The molecule has 0 aliphatic heterocycles. The van der Waals surface area contributed by atoms with Crippen LogP contribution >= 0.6 is 0 Å². The van der Waals surface area contributed by atoms with E-state index in [1.165, 1.54) is 24.3 Å². The Morgan fingerprint density at radius 3 is 1.84 bits per heavy atom. The maximum absolute atomic E-state index is 14.2. The quantitative estimate of drug-likeness (QED) is 0.314. The summed E-state index contributed by atoms with van der Waals surface area (Å²) in [6.45, 7) is 0. The van der Waals surface area contributed by atoms with Crippen molar-refractivity contribution in [3.8, 4) is 0 Å². The van der Waals surface area contributed by atoms with Gasteiger partial charge in [-0.05, 0) is 29.7 Å². The fourth-order valence-corrected chi connectivity index (χ4v) is 6.97. The lowest BCUT2D eigenvalue weighted by Gasteiger charge is -2.41. The normalized spacial score (nSPS) is 23.2. The van der Waals surface area contributed by atoms with Gasteiger partial charge in [-0.3, -0.25) is 14.9 Å². The summed E-state index contributed by atoms with van der Waals surface area (Å²) in [5.41, 5.74) is 1.04. The van der Waals surface area contributed by atoms with Crippen LogP contribution < -0.4 is 0 Å². The van der Waals surface area contributed by atoms with Crippen LogP contribution in [0.1, 0.15) is 29.4 Å². The van der Waals surface area contributed by atoms with Crippen molar-refractivity contribution >= 4 is 16.1 Å². The van der Waals surface area contributed by atoms with E-state index in [0.717, 1.165) is 0 Å². The van der Waals surface area contributed by atoms with E-state index in [4.69, 9.17) is 0 Å². The molecular formula is C25H21NO5S. The lowest BCUT2D eigenvalue weighted by Crippen LogP contribution is -2.57. The maximum atomic E-state index is 14.2. The SMILES string of the molecule is O=CC1=CC[C@@H](c2ccccc2)[C@]([N+](=O)[O-])(S(=O)(=O)c2ccccc2)[C@@H]1c1ccccc1. The van der Waals surface area contributed by atoms with E-state index in [2.05, 4.69) is 0 Å². The van der Waals surface area contributed by atoms with Crippen molar-refractivity contribution in [2.75, 3.05) is 0 Å². The first kappa shape index (κ1) is 21.6. The van der Waals surface area contributed by atoms with Gasteiger partial charge in [0, 0.05) is 10.5 Å². The molecule has 32 heavy (non-hydrogen) atoms. The molecule has 4 rings (SSSR count). The van der Waals surface area contributed by atoms with Crippen LogP contribution in [0.2, 0.25) is 0 Å². The number of rotatable bonds is 6. The van der Waals surface area contributed by atoms with Crippen molar-refractivity contribution in [2.24, 2.45) is 0 Å². The number of sulfone groups is 1. The van der Waals surface area contributed by atoms with Gasteiger partial charge in [0.1, 0.15) is 6.29 Å². The molecule has 0 N–H and O–H groups in total. The zero-order valence-corrected chi connectivity index (χ0v) is 17.9. The molecule has 0 fully saturated rings. The van der Waals surface area contributed by atoms with Crippen LogP contribution in [0.4, 0.5) is 0 Å². The van der Waals surface area contributed by atoms with E-state index in [0.29, 0.717) is 17.4 Å². The van der Waals surface area contributed by atoms with E-state index in [-0.39, 0.29) is 16.9 Å². The number of carbonyl (C=O) groups is 1. The molecule has 3 aromatic rings. The average molecular weight is 448 g/mol. The average Bonchev–Trinajstić information content (AvgIpc) is 2.84. The van der Waals surface area contributed by atoms with Gasteiger partial charge in [-0.1, -0.05) is 84.9 Å². The Balaban J connectivity index is 2.13. The van der Waals surface area contributed by atoms with Crippen molar-refractivity contribution in [3.63, 3.8) is 0 Å². The highest BCUT2D eigenvalue weighted by molar-refractivity contribution is 7.92. The van der Waals surface area contributed by atoms with Crippen molar-refractivity contribution < 1.29 is 18.1 Å². The molecule has 162 valence electrons. The van der Waals surface area contributed by atoms with Gasteiger partial charge in [0.15, 0.2) is 0 Å². The van der Waals surface area contributed by atoms with Crippen LogP contribution in [0.5, 0.6) is 0 Å². The van der Waals surface area contributed by atoms with Crippen LogP contribution in [0.15, 0.2) is 108 Å². The van der Waals surface area contributed by atoms with Gasteiger partial charge in [0.2, 0.25) is 0 Å². The summed E-state index contributed by atoms with van der Waals surface area (Å²) in [5, 5.41) is 13.0. The third-order valence-electron chi connectivity index (χ3n) is 6.08. The summed E-state index contributed by atoms with van der Waals surface area (Å²) in [5.74, 6) is -2.28. The third kappa shape index (κ3) is 3.26. The molecule has 3 aromatic carbocycles. The Labute approximate surface area is 186 Å². The molecule has 0 spiro atoms. The number of benzene rings is 3. The Morgan fingerprint density at radius 1 is 0.844 bits per heavy atom. The van der Waals surface area contributed by atoms with Crippen molar-refractivity contribution in [2.45, 2.75) is 28.0 Å². The minimum Gasteiger partial charge on any atom is -0.298 e. The van der Waals surface area contributed by atoms with Crippen LogP contribution in [0, 0.1) is 10.1 Å². The zero-order valence-electron chi connectivity index (χ0n) is 17.1. The van der Waals surface area contributed by atoms with Crippen LogP contribution in [0.3, 0.4) is 0 Å².